The number of allylic oxidation sites excluding steroid dienone is 2. The van der Waals surface area contributed by atoms with Crippen molar-refractivity contribution in [1.29, 1.82) is 0 Å². The molecule has 1 rings (SSSR count). The normalized spacial score (nSPS) is 26.2. The van der Waals surface area contributed by atoms with Crippen molar-refractivity contribution < 1.29 is 9.50 Å². The summed E-state index contributed by atoms with van der Waals surface area (Å²) in [5.41, 5.74) is 0. The number of nitrogens with one attached hydrogen (secondary N) is 1. The van der Waals surface area contributed by atoms with Crippen LogP contribution in [0.5, 0.6) is 0 Å². The molecular formula is C5H5BrFNO. The highest BCUT2D eigenvalue weighted by Crippen LogP contribution is 2.12. The molecule has 2 nitrogen and oxygen atoms in total. The van der Waals surface area contributed by atoms with Crippen LogP contribution in [-0.4, -0.2) is 11.4 Å². The molecule has 4 heteroatoms. The minimum Gasteiger partial charge on any atom is -0.507 e. The highest BCUT2D eigenvalue weighted by molar-refractivity contribution is 9.11. The summed E-state index contributed by atoms with van der Waals surface area (Å²) < 4.78 is 12.9. The van der Waals surface area contributed by atoms with E-state index < -0.39 is 6.30 Å². The molecule has 1 aliphatic heterocycles. The topological polar surface area (TPSA) is 32.3 Å². The minimum absolute atomic E-state index is 0.293. The summed E-state index contributed by atoms with van der Waals surface area (Å²) in [5.74, 6) is -0.293. The number of aliphatic hydroxyl groups excluding tert-OH is 1. The number of alkyl halides is 1. The Morgan fingerprint density at radius 1 is 1.67 bits per heavy atom. The molecule has 2 N–H and O–H groups in total. The van der Waals surface area contributed by atoms with E-state index in [4.69, 9.17) is 5.11 Å². The van der Waals surface area contributed by atoms with E-state index in [9.17, 15) is 4.39 Å². The summed E-state index contributed by atoms with van der Waals surface area (Å²) >= 11 is 3.01. The van der Waals surface area contributed by atoms with Crippen LogP contribution in [-0.2, 0) is 0 Å². The minimum atomic E-state index is -1.47. The molecular weight excluding hydrogens is 189 g/mol. The van der Waals surface area contributed by atoms with Crippen LogP contribution in [0.25, 0.3) is 0 Å². The van der Waals surface area contributed by atoms with Gasteiger partial charge in [0.1, 0.15) is 5.76 Å². The van der Waals surface area contributed by atoms with Crippen molar-refractivity contribution in [2.75, 3.05) is 0 Å². The summed E-state index contributed by atoms with van der Waals surface area (Å²) in [4.78, 5) is 0. The van der Waals surface area contributed by atoms with Gasteiger partial charge in [0.25, 0.3) is 0 Å². The molecule has 1 unspecified atom stereocenters. The molecule has 1 heterocycles. The number of dihydropyridines is 1. The smallest absolute Gasteiger partial charge is 0.227 e. The molecule has 50 valence electrons. The fourth-order valence-electron chi connectivity index (χ4n) is 0.486. The zero-order valence-corrected chi connectivity index (χ0v) is 6.02. The van der Waals surface area contributed by atoms with Gasteiger partial charge in [0.15, 0.2) is 0 Å². The van der Waals surface area contributed by atoms with E-state index in [1.54, 1.807) is 0 Å². The van der Waals surface area contributed by atoms with Crippen molar-refractivity contribution in [3.05, 3.63) is 22.5 Å². The largest absolute Gasteiger partial charge is 0.507 e. The van der Waals surface area contributed by atoms with Gasteiger partial charge in [-0.2, -0.15) is 0 Å². The maximum absolute atomic E-state index is 12.3. The van der Waals surface area contributed by atoms with Crippen LogP contribution in [0.2, 0.25) is 0 Å². The van der Waals surface area contributed by atoms with Gasteiger partial charge < -0.3 is 10.4 Å². The number of aliphatic hydroxyl groups is 1. The Labute approximate surface area is 60.2 Å². The van der Waals surface area contributed by atoms with Crippen LogP contribution in [0.3, 0.4) is 0 Å². The Morgan fingerprint density at radius 3 is 2.78 bits per heavy atom. The molecule has 0 saturated carbocycles. The predicted octanol–water partition coefficient (Wildman–Crippen LogP) is 1.56. The molecule has 0 bridgehead atoms. The molecule has 0 saturated heterocycles. The SMILES string of the molecule is OC1=CC=C(Br)NC1F. The average molecular weight is 194 g/mol. The molecule has 0 fully saturated rings. The molecule has 0 aromatic rings. The van der Waals surface area contributed by atoms with Crippen molar-refractivity contribution in [1.82, 2.24) is 5.32 Å². The predicted molar refractivity (Wildman–Crippen MR) is 35.8 cm³/mol. The zero-order valence-electron chi connectivity index (χ0n) is 4.44. The molecule has 0 aromatic carbocycles. The average Bonchev–Trinajstić information content (AvgIpc) is 1.80. The van der Waals surface area contributed by atoms with Gasteiger partial charge in [-0.25, -0.2) is 4.39 Å². The van der Waals surface area contributed by atoms with Crippen LogP contribution < -0.4 is 5.32 Å². The van der Waals surface area contributed by atoms with Gasteiger partial charge in [-0.1, -0.05) is 0 Å². The van der Waals surface area contributed by atoms with Gasteiger partial charge >= 0.3 is 0 Å². The third-order valence-corrected chi connectivity index (χ3v) is 1.42. The molecule has 0 aliphatic carbocycles. The Kier molecular flexibility index (Phi) is 1.75. The molecule has 0 amide bonds. The van der Waals surface area contributed by atoms with Crippen LogP contribution in [0.15, 0.2) is 22.5 Å². The summed E-state index contributed by atoms with van der Waals surface area (Å²) in [6.07, 6.45) is 1.36. The first kappa shape index (κ1) is 6.61. The van der Waals surface area contributed by atoms with Crippen LogP contribution >= 0.6 is 15.9 Å². The Balaban J connectivity index is 2.74. The van der Waals surface area contributed by atoms with Gasteiger partial charge in [-0.3, -0.25) is 0 Å². The highest BCUT2D eigenvalue weighted by atomic mass is 79.9. The number of rotatable bonds is 0. The van der Waals surface area contributed by atoms with E-state index in [-0.39, 0.29) is 5.76 Å². The van der Waals surface area contributed by atoms with Crippen LogP contribution in [0.4, 0.5) is 4.39 Å². The molecule has 0 aromatic heterocycles. The summed E-state index contributed by atoms with van der Waals surface area (Å²) in [7, 11) is 0. The lowest BCUT2D eigenvalue weighted by Crippen LogP contribution is -2.25. The first-order chi connectivity index (χ1) is 4.20. The van der Waals surface area contributed by atoms with Gasteiger partial charge in [-0.05, 0) is 28.1 Å². The number of halogens is 2. The Morgan fingerprint density at radius 2 is 2.33 bits per heavy atom. The monoisotopic (exact) mass is 193 g/mol. The van der Waals surface area contributed by atoms with E-state index in [0.717, 1.165) is 0 Å². The van der Waals surface area contributed by atoms with Gasteiger partial charge in [0.05, 0.1) is 4.61 Å². The molecule has 0 spiro atoms. The second kappa shape index (κ2) is 2.39. The maximum Gasteiger partial charge on any atom is 0.227 e. The zero-order chi connectivity index (χ0) is 6.85. The maximum atomic E-state index is 12.3. The fraction of sp³-hybridized carbons (Fsp3) is 0.200. The van der Waals surface area contributed by atoms with Crippen molar-refractivity contribution >= 4 is 15.9 Å². The molecule has 9 heavy (non-hydrogen) atoms. The number of hydrogen-bond acceptors (Lipinski definition) is 2. The third-order valence-electron chi connectivity index (χ3n) is 0.925. The van der Waals surface area contributed by atoms with Crippen LogP contribution in [0.1, 0.15) is 0 Å². The summed E-state index contributed by atoms with van der Waals surface area (Å²) in [6.45, 7) is 0. The summed E-state index contributed by atoms with van der Waals surface area (Å²) in [5, 5.41) is 11.0. The molecule has 1 aliphatic rings. The van der Waals surface area contributed by atoms with E-state index in [1.165, 1.54) is 12.2 Å². The first-order valence-electron chi connectivity index (χ1n) is 2.37. The lowest BCUT2D eigenvalue weighted by Gasteiger charge is -2.13. The molecule has 1 atom stereocenters. The van der Waals surface area contributed by atoms with Crippen LogP contribution in [0, 0.1) is 0 Å². The lowest BCUT2D eigenvalue weighted by molar-refractivity contribution is 0.236. The van der Waals surface area contributed by atoms with Crippen molar-refractivity contribution in [2.45, 2.75) is 6.30 Å². The number of hydrogen-bond donors (Lipinski definition) is 2. The highest BCUT2D eigenvalue weighted by Gasteiger charge is 2.13. The molecule has 0 radical (unpaired) electrons. The van der Waals surface area contributed by atoms with Gasteiger partial charge in [0, 0.05) is 0 Å². The summed E-state index contributed by atoms with van der Waals surface area (Å²) in [6, 6.07) is 0. The van der Waals surface area contributed by atoms with E-state index >= 15 is 0 Å². The Bertz CT molecular complexity index is 178. The lowest BCUT2D eigenvalue weighted by atomic mass is 10.3. The van der Waals surface area contributed by atoms with Crippen molar-refractivity contribution in [2.24, 2.45) is 0 Å². The quantitative estimate of drug-likeness (QED) is 0.573. The third kappa shape index (κ3) is 1.45. The van der Waals surface area contributed by atoms with E-state index in [1.807, 2.05) is 0 Å². The fourth-order valence-corrected chi connectivity index (χ4v) is 0.819. The first-order valence-corrected chi connectivity index (χ1v) is 3.16. The van der Waals surface area contributed by atoms with Crippen molar-refractivity contribution in [3.63, 3.8) is 0 Å². The Hall–Kier alpha value is -0.510. The van der Waals surface area contributed by atoms with Crippen molar-refractivity contribution in [3.8, 4) is 0 Å². The standard InChI is InChI=1S/C5H5BrFNO/c6-4-2-1-3(9)5(7)8-4/h1-2,5,8-9H. The van der Waals surface area contributed by atoms with Gasteiger partial charge in [0.2, 0.25) is 6.30 Å². The second-order valence-electron chi connectivity index (χ2n) is 1.61. The van der Waals surface area contributed by atoms with Gasteiger partial charge in [-0.15, -0.1) is 0 Å². The van der Waals surface area contributed by atoms with E-state index in [0.29, 0.717) is 4.61 Å². The second-order valence-corrected chi connectivity index (χ2v) is 2.47. The van der Waals surface area contributed by atoms with E-state index in [2.05, 4.69) is 21.2 Å².